The second-order valence-corrected chi connectivity index (χ2v) is 2.01. The summed E-state index contributed by atoms with van der Waals surface area (Å²) in [6.07, 6.45) is 2.28. The number of hydrogen-bond donors (Lipinski definition) is 1. The summed E-state index contributed by atoms with van der Waals surface area (Å²) in [7, 11) is 0. The maximum atomic E-state index is 10.6. The van der Waals surface area contributed by atoms with Crippen LogP contribution < -0.4 is 5.73 Å². The summed E-state index contributed by atoms with van der Waals surface area (Å²) < 4.78 is 0.438. The Hall–Kier alpha value is -1.56. The zero-order valence-corrected chi connectivity index (χ0v) is 5.51. The van der Waals surface area contributed by atoms with Gasteiger partial charge in [-0.25, -0.2) is 0 Å². The molecule has 1 aliphatic rings. The minimum atomic E-state index is -0.944. The first-order valence-corrected chi connectivity index (χ1v) is 2.87. The molecule has 0 fully saturated rings. The van der Waals surface area contributed by atoms with E-state index in [1.165, 1.54) is 0 Å². The highest BCUT2D eigenvalue weighted by molar-refractivity contribution is 5.12. The van der Waals surface area contributed by atoms with Gasteiger partial charge in [0.15, 0.2) is 0 Å². The van der Waals surface area contributed by atoms with Crippen LogP contribution in [-0.4, -0.2) is 15.8 Å². The predicted molar refractivity (Wildman–Crippen MR) is 35.8 cm³/mol. The molecule has 58 valence electrons. The van der Waals surface area contributed by atoms with Crippen molar-refractivity contribution < 1.29 is 9.68 Å². The number of nitro groups is 1. The van der Waals surface area contributed by atoms with Crippen LogP contribution in [0.1, 0.15) is 0 Å². The van der Waals surface area contributed by atoms with Crippen LogP contribution in [0, 0.1) is 15.0 Å². The van der Waals surface area contributed by atoms with Gasteiger partial charge in [0.1, 0.15) is 0 Å². The van der Waals surface area contributed by atoms with Crippen LogP contribution in [0.3, 0.4) is 0 Å². The van der Waals surface area contributed by atoms with E-state index in [1.54, 1.807) is 0 Å². The fourth-order valence-electron chi connectivity index (χ4n) is 0.675. The molecule has 2 N–H and O–H groups in total. The standard InChI is InChI=1S/C5H6N3O3/c6-5-3-4(8(10)11)1-2-7(5)9/h1-3,5H,6H2/q+1. The third-order valence-corrected chi connectivity index (χ3v) is 1.24. The molecule has 1 aliphatic heterocycles. The number of nitroso groups, excluding NO2 is 1. The van der Waals surface area contributed by atoms with Crippen molar-refractivity contribution in [3.8, 4) is 0 Å². The Labute approximate surface area is 61.7 Å². The second kappa shape index (κ2) is 2.59. The van der Waals surface area contributed by atoms with Crippen LogP contribution in [0.5, 0.6) is 0 Å². The fraction of sp³-hybridized carbons (Fsp3) is 0.200. The van der Waals surface area contributed by atoms with Gasteiger partial charge in [0.05, 0.1) is 21.8 Å². The van der Waals surface area contributed by atoms with Gasteiger partial charge in [-0.05, 0) is 0 Å². The van der Waals surface area contributed by atoms with Crippen molar-refractivity contribution in [2.75, 3.05) is 0 Å². The molecule has 1 atom stereocenters. The number of rotatable bonds is 1. The highest BCUT2D eigenvalue weighted by atomic mass is 16.6. The lowest BCUT2D eigenvalue weighted by Crippen LogP contribution is -2.30. The van der Waals surface area contributed by atoms with E-state index in [9.17, 15) is 15.0 Å². The fourth-order valence-corrected chi connectivity index (χ4v) is 0.675. The Morgan fingerprint density at radius 1 is 1.73 bits per heavy atom. The third-order valence-electron chi connectivity index (χ3n) is 1.24. The Bertz CT molecular complexity index is 268. The molecular formula is C5H6N3O3+. The molecule has 0 spiro atoms. The maximum absolute atomic E-state index is 10.6. The molecule has 0 saturated heterocycles. The summed E-state index contributed by atoms with van der Waals surface area (Å²) >= 11 is 0. The Morgan fingerprint density at radius 3 is 2.82 bits per heavy atom. The molecule has 0 bridgehead atoms. The van der Waals surface area contributed by atoms with E-state index >= 15 is 0 Å². The molecular weight excluding hydrogens is 150 g/mol. The summed E-state index contributed by atoms with van der Waals surface area (Å²) in [6, 6.07) is 0. The highest BCUT2D eigenvalue weighted by Crippen LogP contribution is 2.05. The molecule has 11 heavy (non-hydrogen) atoms. The Kier molecular flexibility index (Phi) is 1.77. The van der Waals surface area contributed by atoms with Crippen LogP contribution in [0.2, 0.25) is 0 Å². The molecule has 6 heteroatoms. The average Bonchev–Trinajstić information content (AvgIpc) is 1.94. The molecule has 0 aliphatic carbocycles. The number of hydrogen-bond acceptors (Lipinski definition) is 4. The first-order chi connectivity index (χ1) is 5.11. The molecule has 1 heterocycles. The van der Waals surface area contributed by atoms with Gasteiger partial charge in [-0.3, -0.25) is 15.8 Å². The van der Waals surface area contributed by atoms with Crippen molar-refractivity contribution in [3.05, 3.63) is 39.1 Å². The summed E-state index contributed by atoms with van der Waals surface area (Å²) in [6.45, 7) is 0. The van der Waals surface area contributed by atoms with Crippen molar-refractivity contribution in [2.24, 2.45) is 5.73 Å². The number of allylic oxidation sites excluding steroid dienone is 1. The Morgan fingerprint density at radius 2 is 2.36 bits per heavy atom. The molecule has 0 aromatic rings. The monoisotopic (exact) mass is 156 g/mol. The molecule has 0 aromatic heterocycles. The van der Waals surface area contributed by atoms with E-state index in [-0.39, 0.29) is 5.70 Å². The second-order valence-electron chi connectivity index (χ2n) is 2.01. The van der Waals surface area contributed by atoms with E-state index in [1.807, 2.05) is 0 Å². The summed E-state index contributed by atoms with van der Waals surface area (Å²) in [4.78, 5) is 20.1. The van der Waals surface area contributed by atoms with Gasteiger partial charge in [0, 0.05) is 4.91 Å². The van der Waals surface area contributed by atoms with Gasteiger partial charge < -0.3 is 0 Å². The molecule has 0 saturated carbocycles. The Balaban J connectivity index is 2.88. The van der Waals surface area contributed by atoms with E-state index in [0.717, 1.165) is 18.4 Å². The summed E-state index contributed by atoms with van der Waals surface area (Å²) in [5.74, 6) is 0. The largest absolute Gasteiger partial charge is 0.284 e. The molecule has 1 rings (SSSR count). The molecule has 6 nitrogen and oxygen atoms in total. The first-order valence-electron chi connectivity index (χ1n) is 2.87. The van der Waals surface area contributed by atoms with Crippen LogP contribution in [-0.2, 0) is 0 Å². The third kappa shape index (κ3) is 1.47. The normalized spacial score (nSPS) is 23.2. The van der Waals surface area contributed by atoms with Crippen molar-refractivity contribution >= 4 is 0 Å². The van der Waals surface area contributed by atoms with Gasteiger partial charge in [0.25, 0.3) is 11.9 Å². The topological polar surface area (TPSA) is 89.2 Å². The zero-order valence-electron chi connectivity index (χ0n) is 5.51. The number of nitrogens with zero attached hydrogens (tertiary/aromatic N) is 2. The lowest BCUT2D eigenvalue weighted by Gasteiger charge is -1.97. The van der Waals surface area contributed by atoms with Crippen LogP contribution >= 0.6 is 0 Å². The smallest absolute Gasteiger partial charge is 0.265 e. The van der Waals surface area contributed by atoms with E-state index in [2.05, 4.69) is 0 Å². The van der Waals surface area contributed by atoms with Crippen LogP contribution in [0.15, 0.2) is 24.0 Å². The van der Waals surface area contributed by atoms with Gasteiger partial charge in [0.2, 0.25) is 6.20 Å². The molecule has 0 radical (unpaired) electrons. The maximum Gasteiger partial charge on any atom is 0.284 e. The van der Waals surface area contributed by atoms with Crippen molar-refractivity contribution in [1.29, 1.82) is 0 Å². The quantitative estimate of drug-likeness (QED) is 0.321. The molecule has 0 aromatic carbocycles. The average molecular weight is 156 g/mol. The predicted octanol–water partition coefficient (Wildman–Crippen LogP) is -0.262. The van der Waals surface area contributed by atoms with E-state index in [0.29, 0.717) is 4.76 Å². The van der Waals surface area contributed by atoms with Crippen molar-refractivity contribution in [3.63, 3.8) is 0 Å². The minimum absolute atomic E-state index is 0.149. The van der Waals surface area contributed by atoms with Crippen molar-refractivity contribution in [1.82, 2.24) is 0 Å². The van der Waals surface area contributed by atoms with Crippen LogP contribution in [0.25, 0.3) is 0 Å². The molecule has 0 amide bonds. The van der Waals surface area contributed by atoms with Gasteiger partial charge in [-0.15, -0.1) is 0 Å². The van der Waals surface area contributed by atoms with E-state index in [4.69, 9.17) is 5.73 Å². The molecule has 1 unspecified atom stereocenters. The highest BCUT2D eigenvalue weighted by Gasteiger charge is 2.25. The minimum Gasteiger partial charge on any atom is -0.265 e. The first kappa shape index (κ1) is 7.55. The summed E-state index contributed by atoms with van der Waals surface area (Å²) in [5.41, 5.74) is 5.04. The lowest BCUT2D eigenvalue weighted by molar-refractivity contribution is -0.515. The van der Waals surface area contributed by atoms with E-state index < -0.39 is 11.1 Å². The zero-order chi connectivity index (χ0) is 8.43. The van der Waals surface area contributed by atoms with Gasteiger partial charge in [-0.2, -0.15) is 0 Å². The van der Waals surface area contributed by atoms with Crippen LogP contribution in [0.4, 0.5) is 0 Å². The summed E-state index contributed by atoms with van der Waals surface area (Å²) in [5, 5.41) is 10.1. The van der Waals surface area contributed by atoms with Gasteiger partial charge in [-0.1, -0.05) is 0 Å². The number of nitrogens with two attached hydrogens (primary N) is 1. The van der Waals surface area contributed by atoms with Gasteiger partial charge >= 0.3 is 0 Å². The lowest BCUT2D eigenvalue weighted by atomic mass is 10.3. The van der Waals surface area contributed by atoms with Crippen molar-refractivity contribution in [2.45, 2.75) is 6.17 Å². The SMILES string of the molecule is NC1C=C([N+](=O)[O-])C=C[N+]1=O.